The molecule has 0 bridgehead atoms. The smallest absolute Gasteiger partial charge is 0.161 e. The topological polar surface area (TPSA) is 81.3 Å². The maximum Gasteiger partial charge on any atom is 0.161 e. The lowest BCUT2D eigenvalue weighted by Crippen LogP contribution is -2.25. The third kappa shape index (κ3) is 2.18. The van der Waals surface area contributed by atoms with Crippen LogP contribution >= 0.6 is 0 Å². The number of nitrogens with zero attached hydrogens (tertiary/aromatic N) is 2. The van der Waals surface area contributed by atoms with Gasteiger partial charge in [-0.2, -0.15) is 0 Å². The summed E-state index contributed by atoms with van der Waals surface area (Å²) in [6.45, 7) is 3.46. The molecule has 78 valence electrons. The van der Waals surface area contributed by atoms with Gasteiger partial charge in [-0.05, 0) is 13.8 Å². The van der Waals surface area contributed by atoms with Crippen LogP contribution in [0.15, 0.2) is 6.20 Å². The van der Waals surface area contributed by atoms with E-state index in [9.17, 15) is 5.11 Å². The standard InChI is InChI=1S/C9H15N3O2/c1-5(10)9(13)8-7(14-3)4-11-6(2)12-8/h4-5,9,13H,10H2,1-3H3. The molecule has 0 saturated heterocycles. The summed E-state index contributed by atoms with van der Waals surface area (Å²) in [7, 11) is 1.51. The molecule has 0 spiro atoms. The highest BCUT2D eigenvalue weighted by atomic mass is 16.5. The normalized spacial score (nSPS) is 14.9. The van der Waals surface area contributed by atoms with Crippen molar-refractivity contribution in [3.05, 3.63) is 17.7 Å². The van der Waals surface area contributed by atoms with Gasteiger partial charge in [-0.3, -0.25) is 0 Å². The van der Waals surface area contributed by atoms with Crippen LogP contribution in [0.4, 0.5) is 0 Å². The Morgan fingerprint density at radius 3 is 2.71 bits per heavy atom. The molecule has 1 rings (SSSR count). The minimum absolute atomic E-state index is 0.391. The summed E-state index contributed by atoms with van der Waals surface area (Å²) in [6.07, 6.45) is 0.704. The van der Waals surface area contributed by atoms with E-state index in [1.54, 1.807) is 13.8 Å². The highest BCUT2D eigenvalue weighted by molar-refractivity contribution is 5.27. The second-order valence-corrected chi connectivity index (χ2v) is 3.17. The van der Waals surface area contributed by atoms with Crippen LogP contribution < -0.4 is 10.5 Å². The van der Waals surface area contributed by atoms with E-state index in [0.29, 0.717) is 17.3 Å². The average Bonchev–Trinajstić information content (AvgIpc) is 2.16. The number of ether oxygens (including phenoxy) is 1. The molecule has 1 aromatic heterocycles. The Hall–Kier alpha value is -1.20. The Morgan fingerprint density at radius 1 is 1.57 bits per heavy atom. The van der Waals surface area contributed by atoms with Crippen molar-refractivity contribution in [2.75, 3.05) is 7.11 Å². The molecule has 0 fully saturated rings. The van der Waals surface area contributed by atoms with Crippen molar-refractivity contribution >= 4 is 0 Å². The van der Waals surface area contributed by atoms with Gasteiger partial charge in [-0.25, -0.2) is 9.97 Å². The van der Waals surface area contributed by atoms with Crippen LogP contribution in [0.2, 0.25) is 0 Å². The molecule has 0 amide bonds. The summed E-state index contributed by atoms with van der Waals surface area (Å²) in [5, 5.41) is 9.74. The molecule has 0 aromatic carbocycles. The number of rotatable bonds is 3. The van der Waals surface area contributed by atoms with E-state index in [2.05, 4.69) is 9.97 Å². The van der Waals surface area contributed by atoms with E-state index in [0.717, 1.165) is 0 Å². The lowest BCUT2D eigenvalue weighted by atomic mass is 10.1. The molecule has 0 aliphatic carbocycles. The molecule has 0 radical (unpaired) electrons. The number of nitrogens with two attached hydrogens (primary N) is 1. The fourth-order valence-electron chi connectivity index (χ4n) is 1.09. The van der Waals surface area contributed by atoms with E-state index in [1.165, 1.54) is 13.3 Å². The maximum atomic E-state index is 9.74. The fraction of sp³-hybridized carbons (Fsp3) is 0.556. The number of hydrogen-bond donors (Lipinski definition) is 2. The Morgan fingerprint density at radius 2 is 2.21 bits per heavy atom. The number of aromatic nitrogens is 2. The Bertz CT molecular complexity index is 315. The monoisotopic (exact) mass is 197 g/mol. The van der Waals surface area contributed by atoms with E-state index in [1.807, 2.05) is 0 Å². The van der Waals surface area contributed by atoms with Crippen molar-refractivity contribution in [1.29, 1.82) is 0 Å². The highest BCUT2D eigenvalue weighted by Crippen LogP contribution is 2.23. The van der Waals surface area contributed by atoms with Crippen LogP contribution in [0.5, 0.6) is 5.75 Å². The molecule has 1 heterocycles. The first kappa shape index (κ1) is 10.9. The third-order valence-electron chi connectivity index (χ3n) is 1.90. The zero-order chi connectivity index (χ0) is 10.7. The Kier molecular flexibility index (Phi) is 3.38. The molecule has 2 unspecified atom stereocenters. The molecule has 0 saturated carbocycles. The summed E-state index contributed by atoms with van der Waals surface area (Å²) in [4.78, 5) is 8.06. The first-order valence-corrected chi connectivity index (χ1v) is 4.37. The number of hydrogen-bond acceptors (Lipinski definition) is 5. The largest absolute Gasteiger partial charge is 0.493 e. The van der Waals surface area contributed by atoms with Gasteiger partial charge >= 0.3 is 0 Å². The summed E-state index contributed by atoms with van der Waals surface area (Å²) in [5.41, 5.74) is 6.02. The zero-order valence-corrected chi connectivity index (χ0v) is 8.56. The summed E-state index contributed by atoms with van der Waals surface area (Å²) in [6, 6.07) is -0.391. The molecular formula is C9H15N3O2. The predicted molar refractivity (Wildman–Crippen MR) is 51.9 cm³/mol. The van der Waals surface area contributed by atoms with Gasteiger partial charge in [0, 0.05) is 6.04 Å². The molecule has 14 heavy (non-hydrogen) atoms. The van der Waals surface area contributed by atoms with Crippen LogP contribution in [0.1, 0.15) is 24.5 Å². The second kappa shape index (κ2) is 4.34. The van der Waals surface area contributed by atoms with Gasteiger partial charge in [0.1, 0.15) is 17.6 Å². The van der Waals surface area contributed by atoms with E-state index in [4.69, 9.17) is 10.5 Å². The molecule has 1 aromatic rings. The zero-order valence-electron chi connectivity index (χ0n) is 8.56. The van der Waals surface area contributed by atoms with Crippen molar-refractivity contribution in [2.24, 2.45) is 5.73 Å². The molecule has 2 atom stereocenters. The van der Waals surface area contributed by atoms with Gasteiger partial charge in [0.05, 0.1) is 13.3 Å². The van der Waals surface area contributed by atoms with Gasteiger partial charge in [0.25, 0.3) is 0 Å². The fourth-order valence-corrected chi connectivity index (χ4v) is 1.09. The Balaban J connectivity index is 3.10. The number of aliphatic hydroxyl groups excluding tert-OH is 1. The molecular weight excluding hydrogens is 182 g/mol. The van der Waals surface area contributed by atoms with Crippen molar-refractivity contribution in [3.63, 3.8) is 0 Å². The Labute approximate surface area is 82.9 Å². The maximum absolute atomic E-state index is 9.74. The van der Waals surface area contributed by atoms with Crippen molar-refractivity contribution in [1.82, 2.24) is 9.97 Å². The summed E-state index contributed by atoms with van der Waals surface area (Å²) < 4.78 is 5.03. The quantitative estimate of drug-likeness (QED) is 0.722. The van der Waals surface area contributed by atoms with Crippen LogP contribution in [0.3, 0.4) is 0 Å². The van der Waals surface area contributed by atoms with Crippen LogP contribution in [0.25, 0.3) is 0 Å². The van der Waals surface area contributed by atoms with Crippen molar-refractivity contribution < 1.29 is 9.84 Å². The number of aliphatic hydroxyl groups is 1. The molecule has 5 heteroatoms. The van der Waals surface area contributed by atoms with Gasteiger partial charge in [0.15, 0.2) is 5.75 Å². The van der Waals surface area contributed by atoms with E-state index >= 15 is 0 Å². The van der Waals surface area contributed by atoms with Crippen molar-refractivity contribution in [3.8, 4) is 5.75 Å². The van der Waals surface area contributed by atoms with Crippen LogP contribution in [-0.2, 0) is 0 Å². The molecule has 5 nitrogen and oxygen atoms in total. The minimum atomic E-state index is -0.827. The lowest BCUT2D eigenvalue weighted by molar-refractivity contribution is 0.144. The van der Waals surface area contributed by atoms with E-state index < -0.39 is 12.1 Å². The summed E-state index contributed by atoms with van der Waals surface area (Å²) in [5.74, 6) is 1.04. The van der Waals surface area contributed by atoms with Gasteiger partial charge in [-0.1, -0.05) is 0 Å². The van der Waals surface area contributed by atoms with E-state index in [-0.39, 0.29) is 0 Å². The van der Waals surface area contributed by atoms with Crippen LogP contribution in [0, 0.1) is 6.92 Å². The number of aryl methyl sites for hydroxylation is 1. The van der Waals surface area contributed by atoms with Crippen molar-refractivity contribution in [2.45, 2.75) is 26.0 Å². The first-order valence-electron chi connectivity index (χ1n) is 4.37. The van der Waals surface area contributed by atoms with Gasteiger partial charge < -0.3 is 15.6 Å². The SMILES string of the molecule is COc1cnc(C)nc1C(O)C(C)N. The minimum Gasteiger partial charge on any atom is -0.493 e. The number of methoxy groups -OCH3 is 1. The van der Waals surface area contributed by atoms with Gasteiger partial charge in [-0.15, -0.1) is 0 Å². The summed E-state index contributed by atoms with van der Waals surface area (Å²) >= 11 is 0. The highest BCUT2D eigenvalue weighted by Gasteiger charge is 2.19. The molecule has 3 N–H and O–H groups in total. The predicted octanol–water partition coefficient (Wildman–Crippen LogP) is 0.174. The first-order chi connectivity index (χ1) is 6.56. The van der Waals surface area contributed by atoms with Crippen LogP contribution in [-0.4, -0.2) is 28.2 Å². The molecule has 0 aliphatic heterocycles. The lowest BCUT2D eigenvalue weighted by Gasteiger charge is -2.16. The second-order valence-electron chi connectivity index (χ2n) is 3.17. The average molecular weight is 197 g/mol. The molecule has 0 aliphatic rings. The third-order valence-corrected chi connectivity index (χ3v) is 1.90. The van der Waals surface area contributed by atoms with Gasteiger partial charge in [0.2, 0.25) is 0 Å².